The lowest BCUT2D eigenvalue weighted by Gasteiger charge is -2.11. The lowest BCUT2D eigenvalue weighted by Crippen LogP contribution is -2.00. The van der Waals surface area contributed by atoms with Crippen LogP contribution < -0.4 is 5.73 Å². The number of nitrogens with zero attached hydrogens (tertiary/aromatic N) is 1. The number of aromatic nitrogens is 2. The quantitative estimate of drug-likeness (QED) is 0.713. The van der Waals surface area contributed by atoms with Gasteiger partial charge in [-0.25, -0.2) is 9.37 Å². The number of anilines is 1. The molecule has 5 heteroatoms. The number of nitrogen functional groups attached to an aromatic ring is 1. The van der Waals surface area contributed by atoms with Gasteiger partial charge in [-0.15, -0.1) is 11.3 Å². The van der Waals surface area contributed by atoms with Gasteiger partial charge in [-0.1, -0.05) is 6.07 Å². The third kappa shape index (κ3) is 1.66. The Bertz CT molecular complexity index is 803. The highest BCUT2D eigenvalue weighted by molar-refractivity contribution is 7.16. The highest BCUT2D eigenvalue weighted by Gasteiger charge is 2.22. The Morgan fingerprint density at radius 3 is 2.95 bits per heavy atom. The van der Waals surface area contributed by atoms with E-state index in [-0.39, 0.29) is 5.82 Å². The van der Waals surface area contributed by atoms with Crippen LogP contribution in [0.3, 0.4) is 0 Å². The number of hydrogen-bond acceptors (Lipinski definition) is 3. The molecule has 0 radical (unpaired) electrons. The molecular weight excluding hydrogens is 273 g/mol. The molecule has 1 aromatic carbocycles. The molecule has 0 unspecified atom stereocenters. The summed E-state index contributed by atoms with van der Waals surface area (Å²) in [5.41, 5.74) is 9.57. The third-order valence-corrected chi connectivity index (χ3v) is 5.02. The van der Waals surface area contributed by atoms with Crippen LogP contribution in [0.5, 0.6) is 0 Å². The third-order valence-electron chi connectivity index (χ3n) is 3.90. The average molecular weight is 287 g/mol. The summed E-state index contributed by atoms with van der Waals surface area (Å²) >= 11 is 1.65. The minimum atomic E-state index is -0.298. The van der Waals surface area contributed by atoms with E-state index in [2.05, 4.69) is 9.97 Å². The van der Waals surface area contributed by atoms with Crippen LogP contribution in [0.2, 0.25) is 0 Å². The van der Waals surface area contributed by atoms with Crippen molar-refractivity contribution >= 4 is 27.4 Å². The maximum atomic E-state index is 13.8. The summed E-state index contributed by atoms with van der Waals surface area (Å²) in [6, 6.07) is 4.95. The lowest BCUT2D eigenvalue weighted by atomic mass is 9.95. The molecule has 0 aliphatic heterocycles. The molecule has 0 bridgehead atoms. The number of imidazole rings is 1. The molecule has 0 saturated heterocycles. The van der Waals surface area contributed by atoms with Gasteiger partial charge in [0.15, 0.2) is 5.82 Å². The van der Waals surface area contributed by atoms with Crippen LogP contribution in [0.4, 0.5) is 9.39 Å². The van der Waals surface area contributed by atoms with Gasteiger partial charge in [-0.05, 0) is 43.4 Å². The summed E-state index contributed by atoms with van der Waals surface area (Å²) in [7, 11) is 0. The summed E-state index contributed by atoms with van der Waals surface area (Å²) in [4.78, 5) is 8.99. The van der Waals surface area contributed by atoms with Crippen molar-refractivity contribution in [3.63, 3.8) is 0 Å². The van der Waals surface area contributed by atoms with E-state index in [1.807, 2.05) is 6.07 Å². The summed E-state index contributed by atoms with van der Waals surface area (Å²) in [5, 5.41) is 0.788. The second kappa shape index (κ2) is 4.31. The molecule has 0 saturated carbocycles. The molecule has 0 fully saturated rings. The van der Waals surface area contributed by atoms with Gasteiger partial charge in [-0.3, -0.25) is 0 Å². The lowest BCUT2D eigenvalue weighted by molar-refractivity contribution is 0.637. The zero-order valence-electron chi connectivity index (χ0n) is 10.9. The number of aromatic amines is 1. The van der Waals surface area contributed by atoms with E-state index < -0.39 is 0 Å². The second-order valence-electron chi connectivity index (χ2n) is 5.17. The van der Waals surface area contributed by atoms with Crippen LogP contribution in [0, 0.1) is 5.82 Å². The molecule has 2 aromatic heterocycles. The Labute approximate surface area is 119 Å². The van der Waals surface area contributed by atoms with Crippen LogP contribution in [0.1, 0.15) is 23.3 Å². The number of aryl methyl sites for hydroxylation is 1. The number of hydrogen-bond donors (Lipinski definition) is 2. The Kier molecular flexibility index (Phi) is 2.57. The Hall–Kier alpha value is -1.88. The molecule has 3 nitrogen and oxygen atoms in total. The first kappa shape index (κ1) is 11.9. The molecule has 102 valence electrons. The van der Waals surface area contributed by atoms with Gasteiger partial charge >= 0.3 is 0 Å². The van der Waals surface area contributed by atoms with Crippen LogP contribution in [-0.4, -0.2) is 9.97 Å². The summed E-state index contributed by atoms with van der Waals surface area (Å²) in [6.45, 7) is 0. The standard InChI is InChI=1S/C15H14FN3S/c16-9-5-3-6-10-13(9)19-15(18-10)12-8-4-1-2-7-11(8)20-14(12)17/h3,5-6H,1-2,4,7,17H2,(H,18,19). The number of H-pyrrole nitrogens is 1. The molecule has 1 aliphatic carbocycles. The minimum absolute atomic E-state index is 0.298. The molecule has 3 aromatic rings. The van der Waals surface area contributed by atoms with Crippen molar-refractivity contribution in [2.24, 2.45) is 0 Å². The SMILES string of the molecule is Nc1sc2c(c1-c1nc3c(F)cccc3[nH]1)CCCC2. The average Bonchev–Trinajstić information content (AvgIpc) is 2.99. The van der Waals surface area contributed by atoms with Crippen molar-refractivity contribution in [2.45, 2.75) is 25.7 Å². The van der Waals surface area contributed by atoms with Crippen molar-refractivity contribution in [3.05, 3.63) is 34.5 Å². The van der Waals surface area contributed by atoms with Crippen LogP contribution in [0.15, 0.2) is 18.2 Å². The first-order valence-corrected chi connectivity index (χ1v) is 7.60. The van der Waals surface area contributed by atoms with Crippen molar-refractivity contribution in [2.75, 3.05) is 5.73 Å². The Morgan fingerprint density at radius 2 is 2.10 bits per heavy atom. The van der Waals surface area contributed by atoms with E-state index in [4.69, 9.17) is 5.73 Å². The minimum Gasteiger partial charge on any atom is -0.390 e. The molecule has 0 atom stereocenters. The number of halogens is 1. The van der Waals surface area contributed by atoms with Crippen molar-refractivity contribution in [1.82, 2.24) is 9.97 Å². The monoisotopic (exact) mass is 287 g/mol. The van der Waals surface area contributed by atoms with Crippen LogP contribution >= 0.6 is 11.3 Å². The van der Waals surface area contributed by atoms with E-state index >= 15 is 0 Å². The van der Waals surface area contributed by atoms with Crippen LogP contribution in [-0.2, 0) is 12.8 Å². The number of rotatable bonds is 1. The van der Waals surface area contributed by atoms with Gasteiger partial charge in [0.2, 0.25) is 0 Å². The number of thiophene rings is 1. The van der Waals surface area contributed by atoms with Gasteiger partial charge in [0.05, 0.1) is 16.1 Å². The number of para-hydroxylation sites is 1. The Morgan fingerprint density at radius 1 is 1.25 bits per heavy atom. The topological polar surface area (TPSA) is 54.7 Å². The van der Waals surface area contributed by atoms with E-state index in [0.29, 0.717) is 11.3 Å². The molecule has 4 rings (SSSR count). The number of fused-ring (bicyclic) bond motifs is 2. The zero-order chi connectivity index (χ0) is 13.7. The number of nitrogens with one attached hydrogen (secondary N) is 1. The van der Waals surface area contributed by atoms with Gasteiger partial charge in [0.25, 0.3) is 0 Å². The largest absolute Gasteiger partial charge is 0.390 e. The molecule has 1 aliphatic rings. The summed E-state index contributed by atoms with van der Waals surface area (Å²) in [5.74, 6) is 0.398. The van der Waals surface area contributed by atoms with Gasteiger partial charge in [0, 0.05) is 4.88 Å². The maximum Gasteiger partial charge on any atom is 0.151 e. The van der Waals surface area contributed by atoms with Crippen LogP contribution in [0.25, 0.3) is 22.4 Å². The first-order chi connectivity index (χ1) is 9.74. The van der Waals surface area contributed by atoms with Gasteiger partial charge in [-0.2, -0.15) is 0 Å². The Balaban J connectivity index is 1.95. The predicted octanol–water partition coefficient (Wildman–Crippen LogP) is 3.89. The van der Waals surface area contributed by atoms with Gasteiger partial charge < -0.3 is 10.7 Å². The maximum absolute atomic E-state index is 13.8. The zero-order valence-corrected chi connectivity index (χ0v) is 11.7. The number of nitrogens with two attached hydrogens (primary N) is 1. The van der Waals surface area contributed by atoms with E-state index in [1.165, 1.54) is 29.3 Å². The van der Waals surface area contributed by atoms with Gasteiger partial charge in [0.1, 0.15) is 11.3 Å². The molecule has 2 heterocycles. The first-order valence-electron chi connectivity index (χ1n) is 6.78. The fourth-order valence-corrected chi connectivity index (χ4v) is 4.12. The number of benzene rings is 1. The molecule has 3 N–H and O–H groups in total. The molecule has 0 spiro atoms. The highest BCUT2D eigenvalue weighted by Crippen LogP contribution is 2.41. The van der Waals surface area contributed by atoms with E-state index in [1.54, 1.807) is 17.4 Å². The summed E-state index contributed by atoms with van der Waals surface area (Å²) in [6.07, 6.45) is 4.54. The normalized spacial score (nSPS) is 14.7. The van der Waals surface area contributed by atoms with Crippen molar-refractivity contribution < 1.29 is 4.39 Å². The van der Waals surface area contributed by atoms with E-state index in [9.17, 15) is 4.39 Å². The van der Waals surface area contributed by atoms with Crippen molar-refractivity contribution in [3.8, 4) is 11.4 Å². The fraction of sp³-hybridized carbons (Fsp3) is 0.267. The predicted molar refractivity (Wildman–Crippen MR) is 80.4 cm³/mol. The highest BCUT2D eigenvalue weighted by atomic mass is 32.1. The van der Waals surface area contributed by atoms with E-state index in [0.717, 1.165) is 28.9 Å². The molecule has 0 amide bonds. The molecule has 20 heavy (non-hydrogen) atoms. The fourth-order valence-electron chi connectivity index (χ4n) is 2.96. The second-order valence-corrected chi connectivity index (χ2v) is 6.31. The molecular formula is C15H14FN3S. The smallest absolute Gasteiger partial charge is 0.151 e. The summed E-state index contributed by atoms with van der Waals surface area (Å²) < 4.78 is 13.8. The van der Waals surface area contributed by atoms with Crippen molar-refractivity contribution in [1.29, 1.82) is 0 Å².